The Morgan fingerprint density at radius 2 is 1.26 bits per heavy atom. The molecule has 0 saturated carbocycles. The number of methoxy groups -OCH3 is 2. The zero-order valence-electron chi connectivity index (χ0n) is 17.3. The number of ether oxygens (including phenoxy) is 2. The number of ketones is 1. The largest absolute Gasteiger partial charge is 0.497 e. The van der Waals surface area contributed by atoms with E-state index in [0.29, 0.717) is 0 Å². The lowest BCUT2D eigenvalue weighted by molar-refractivity contribution is 0.102. The van der Waals surface area contributed by atoms with Crippen molar-refractivity contribution in [3.05, 3.63) is 77.7 Å². The average Bonchev–Trinajstić information content (AvgIpc) is 3.45. The van der Waals surface area contributed by atoms with Crippen LogP contribution in [0.3, 0.4) is 0 Å². The van der Waals surface area contributed by atoms with Crippen LogP contribution < -0.4 is 9.47 Å². The summed E-state index contributed by atoms with van der Waals surface area (Å²) < 4.78 is 14.3. The molecule has 2 aromatic carbocycles. The minimum Gasteiger partial charge on any atom is -0.497 e. The van der Waals surface area contributed by atoms with Crippen LogP contribution in [-0.4, -0.2) is 20.0 Å². The van der Waals surface area contributed by atoms with Crippen molar-refractivity contribution in [3.8, 4) is 11.5 Å². The molecule has 0 atom stereocenters. The number of carbonyl (C=O) groups excluding carboxylic acids is 1. The Labute approximate surface area is 197 Å². The molecule has 0 bridgehead atoms. The minimum absolute atomic E-state index is 0.115. The monoisotopic (exact) mass is 485 g/mol. The lowest BCUT2D eigenvalue weighted by atomic mass is 10.3. The molecule has 31 heavy (non-hydrogen) atoms. The summed E-state index contributed by atoms with van der Waals surface area (Å²) in [5.41, 5.74) is 0. The van der Waals surface area contributed by atoms with Crippen molar-refractivity contribution in [2.24, 2.45) is 0 Å². The molecular formula is C24H21O3S4+. The number of hydrogen-bond acceptors (Lipinski definition) is 6. The molecule has 4 aromatic rings. The Morgan fingerprint density at radius 1 is 0.742 bits per heavy atom. The second-order valence-corrected chi connectivity index (χ2v) is 12.5. The lowest BCUT2D eigenvalue weighted by Crippen LogP contribution is -2.03. The van der Waals surface area contributed by atoms with Crippen molar-refractivity contribution < 1.29 is 14.3 Å². The highest BCUT2D eigenvalue weighted by atomic mass is 32.2. The van der Waals surface area contributed by atoms with Gasteiger partial charge in [-0.05, 0) is 73.7 Å². The minimum atomic E-state index is -0.231. The van der Waals surface area contributed by atoms with Gasteiger partial charge in [-0.1, -0.05) is 23.1 Å². The Morgan fingerprint density at radius 3 is 1.74 bits per heavy atom. The number of benzene rings is 2. The van der Waals surface area contributed by atoms with E-state index < -0.39 is 0 Å². The van der Waals surface area contributed by atoms with E-state index in [9.17, 15) is 4.79 Å². The van der Waals surface area contributed by atoms with Gasteiger partial charge in [0.15, 0.2) is 15.6 Å². The third-order valence-electron chi connectivity index (χ3n) is 4.48. The number of hydrogen-bond donors (Lipinski definition) is 0. The van der Waals surface area contributed by atoms with Gasteiger partial charge in [-0.15, -0.1) is 11.3 Å². The Kier molecular flexibility index (Phi) is 7.07. The molecule has 0 spiro atoms. The topological polar surface area (TPSA) is 35.5 Å². The Balaban J connectivity index is 1.66. The summed E-state index contributed by atoms with van der Waals surface area (Å²) in [6, 6.07) is 24.9. The van der Waals surface area contributed by atoms with Crippen molar-refractivity contribution in [2.45, 2.75) is 29.3 Å². The maximum absolute atomic E-state index is 11.6. The van der Waals surface area contributed by atoms with Gasteiger partial charge in [0.05, 0.1) is 27.5 Å². The van der Waals surface area contributed by atoms with E-state index in [4.69, 9.17) is 9.47 Å². The van der Waals surface area contributed by atoms with Crippen molar-refractivity contribution >= 4 is 51.1 Å². The Hall–Kier alpha value is -2.19. The van der Waals surface area contributed by atoms with Crippen molar-refractivity contribution in [3.63, 3.8) is 0 Å². The van der Waals surface area contributed by atoms with Crippen LogP contribution in [0, 0.1) is 0 Å². The third-order valence-corrected chi connectivity index (χ3v) is 10.6. The number of rotatable bonds is 8. The summed E-state index contributed by atoms with van der Waals surface area (Å²) in [4.78, 5) is 14.9. The van der Waals surface area contributed by atoms with Gasteiger partial charge in [-0.3, -0.25) is 4.79 Å². The lowest BCUT2D eigenvalue weighted by Gasteiger charge is -2.07. The number of carbonyl (C=O) groups is 1. The molecule has 2 heterocycles. The van der Waals surface area contributed by atoms with Crippen molar-refractivity contribution in [1.29, 1.82) is 0 Å². The van der Waals surface area contributed by atoms with Crippen LogP contribution in [0.25, 0.3) is 0 Å². The molecule has 0 amide bonds. The van der Waals surface area contributed by atoms with E-state index in [2.05, 4.69) is 36.4 Å². The molecule has 0 radical (unpaired) electrons. The second kappa shape index (κ2) is 9.96. The first-order valence-corrected chi connectivity index (χ1v) is 13.2. The first-order valence-electron chi connectivity index (χ1n) is 9.48. The number of thiophene rings is 2. The van der Waals surface area contributed by atoms with Gasteiger partial charge >= 0.3 is 0 Å². The quantitative estimate of drug-likeness (QED) is 0.194. The zero-order chi connectivity index (χ0) is 21.8. The highest BCUT2D eigenvalue weighted by molar-refractivity contribution is 8.04. The van der Waals surface area contributed by atoms with Crippen LogP contribution in [0.15, 0.2) is 95.2 Å². The van der Waals surface area contributed by atoms with E-state index in [1.807, 2.05) is 36.4 Å². The molecule has 158 valence electrons. The highest BCUT2D eigenvalue weighted by Crippen LogP contribution is 2.42. The summed E-state index contributed by atoms with van der Waals surface area (Å²) in [6.45, 7) is 1.61. The molecule has 0 saturated heterocycles. The van der Waals surface area contributed by atoms with Gasteiger partial charge in [-0.25, -0.2) is 0 Å². The highest BCUT2D eigenvalue weighted by Gasteiger charge is 2.31. The first-order chi connectivity index (χ1) is 15.1. The molecule has 0 unspecified atom stereocenters. The van der Waals surface area contributed by atoms with Crippen LogP contribution in [0.4, 0.5) is 0 Å². The van der Waals surface area contributed by atoms with E-state index in [0.717, 1.165) is 20.6 Å². The normalized spacial score (nSPS) is 11.0. The van der Waals surface area contributed by atoms with Gasteiger partial charge in [0.25, 0.3) is 0 Å². The maximum atomic E-state index is 11.6. The van der Waals surface area contributed by atoms with Crippen LogP contribution in [0.5, 0.6) is 11.5 Å². The standard InChI is InChI=1S/C24H21O3S4/c1-16(25)21-12-13-22(28-21)29-23-14-15-24(30-23)31(19-8-4-17(26-2)5-9-19)20-10-6-18(27-3)7-11-20/h4-15H,1-3H3/q+1. The predicted octanol–water partition coefficient (Wildman–Crippen LogP) is 7.28. The van der Waals surface area contributed by atoms with Crippen LogP contribution in [0.1, 0.15) is 16.6 Å². The fourth-order valence-electron chi connectivity index (χ4n) is 2.92. The molecule has 4 rings (SSSR count). The van der Waals surface area contributed by atoms with Crippen LogP contribution in [0.2, 0.25) is 0 Å². The SMILES string of the molecule is COc1ccc([S+](c2ccc(OC)cc2)c2ccc(Sc3ccc(C(C)=O)s3)s2)cc1. The van der Waals surface area contributed by atoms with E-state index in [1.165, 1.54) is 18.2 Å². The average molecular weight is 486 g/mol. The van der Waals surface area contributed by atoms with E-state index in [1.54, 1.807) is 55.6 Å². The van der Waals surface area contributed by atoms with Gasteiger partial charge in [0.2, 0.25) is 4.21 Å². The zero-order valence-corrected chi connectivity index (χ0v) is 20.6. The third kappa shape index (κ3) is 5.18. The first kappa shape index (κ1) is 22.0. The van der Waals surface area contributed by atoms with Gasteiger partial charge in [0, 0.05) is 6.07 Å². The predicted molar refractivity (Wildman–Crippen MR) is 131 cm³/mol. The molecule has 0 N–H and O–H groups in total. The molecule has 3 nitrogen and oxygen atoms in total. The fourth-order valence-corrected chi connectivity index (χ4v) is 9.16. The molecule has 2 aromatic heterocycles. The summed E-state index contributed by atoms with van der Waals surface area (Å²) in [7, 11) is 3.14. The summed E-state index contributed by atoms with van der Waals surface area (Å²) in [5, 5.41) is 0. The fraction of sp³-hybridized carbons (Fsp3) is 0.125. The Bertz CT molecular complexity index is 1110. The van der Waals surface area contributed by atoms with E-state index in [-0.39, 0.29) is 16.7 Å². The van der Waals surface area contributed by atoms with E-state index >= 15 is 0 Å². The summed E-state index contributed by atoms with van der Waals surface area (Å²) in [5.74, 6) is 1.82. The van der Waals surface area contributed by atoms with Crippen LogP contribution in [-0.2, 0) is 10.9 Å². The molecule has 0 aliphatic rings. The summed E-state index contributed by atoms with van der Waals surface area (Å²) >= 11 is 5.06. The number of Topliss-reactive ketones (excluding diaryl/α,β-unsaturated/α-hetero) is 1. The molecule has 0 fully saturated rings. The van der Waals surface area contributed by atoms with Crippen molar-refractivity contribution in [2.75, 3.05) is 14.2 Å². The molecule has 0 aliphatic heterocycles. The summed E-state index contributed by atoms with van der Waals surface area (Å²) in [6.07, 6.45) is 0. The molecular weight excluding hydrogens is 465 g/mol. The molecule has 0 aliphatic carbocycles. The van der Waals surface area contributed by atoms with Gasteiger partial charge in [0.1, 0.15) is 22.4 Å². The smallest absolute Gasteiger partial charge is 0.221 e. The van der Waals surface area contributed by atoms with Gasteiger partial charge in [-0.2, -0.15) is 0 Å². The maximum Gasteiger partial charge on any atom is 0.221 e. The van der Waals surface area contributed by atoms with Crippen LogP contribution >= 0.6 is 34.4 Å². The molecule has 7 heteroatoms. The van der Waals surface area contributed by atoms with Gasteiger partial charge < -0.3 is 9.47 Å². The second-order valence-electron chi connectivity index (χ2n) is 6.51. The van der Waals surface area contributed by atoms with Crippen molar-refractivity contribution in [1.82, 2.24) is 0 Å².